The van der Waals surface area contributed by atoms with E-state index >= 15 is 0 Å². The van der Waals surface area contributed by atoms with Gasteiger partial charge in [-0.25, -0.2) is 9.78 Å². The second-order valence-electron chi connectivity index (χ2n) is 9.60. The van der Waals surface area contributed by atoms with Crippen molar-refractivity contribution < 1.29 is 20.1 Å². The summed E-state index contributed by atoms with van der Waals surface area (Å²) >= 11 is 8.76. The molecular weight excluding hydrogens is 659 g/mol. The molecule has 0 aliphatic heterocycles. The molecule has 5 rings (SSSR count). The van der Waals surface area contributed by atoms with E-state index in [1.807, 2.05) is 55.5 Å². The number of aromatic hydroxyl groups is 1. The molecule has 0 saturated carbocycles. The Morgan fingerprint density at radius 2 is 1.80 bits per heavy atom. The minimum Gasteiger partial charge on any atom is -0.493 e. The number of hydrogen-bond acceptors (Lipinski definition) is 6. The van der Waals surface area contributed by atoms with E-state index in [9.17, 15) is 15.0 Å². The first-order chi connectivity index (χ1) is 19.7. The maximum Gasteiger partial charge on any atom is 0.329 e. The van der Waals surface area contributed by atoms with Crippen molar-refractivity contribution >= 4 is 34.2 Å². The van der Waals surface area contributed by atoms with Crippen LogP contribution in [0.2, 0.25) is 5.02 Å². The molecule has 41 heavy (non-hydrogen) atoms. The Hall–Kier alpha value is -3.58. The summed E-state index contributed by atoms with van der Waals surface area (Å²) in [4.78, 5) is 24.4. The number of hydrogen-bond donors (Lipinski definition) is 5. The lowest BCUT2D eigenvalue weighted by Crippen LogP contribution is -2.25. The van der Waals surface area contributed by atoms with Crippen molar-refractivity contribution in [1.82, 2.24) is 19.5 Å². The van der Waals surface area contributed by atoms with E-state index in [0.717, 1.165) is 20.4 Å². The maximum absolute atomic E-state index is 13.4. The molecule has 5 aromatic rings. The normalized spacial score (nSPS) is 12.8. The smallest absolute Gasteiger partial charge is 0.329 e. The first-order valence-corrected chi connectivity index (χ1v) is 14.3. The molecule has 0 spiro atoms. The lowest BCUT2D eigenvalue weighted by Gasteiger charge is -2.17. The van der Waals surface area contributed by atoms with Crippen molar-refractivity contribution in [3.8, 4) is 34.1 Å². The topological polar surface area (TPSA) is 136 Å². The number of ether oxygens (including phenoxy) is 1. The van der Waals surface area contributed by atoms with E-state index in [4.69, 9.17) is 26.4 Å². The van der Waals surface area contributed by atoms with Crippen molar-refractivity contribution in [1.29, 1.82) is 0 Å². The molecule has 0 amide bonds. The highest BCUT2D eigenvalue weighted by molar-refractivity contribution is 14.1. The van der Waals surface area contributed by atoms with Gasteiger partial charge in [-0.1, -0.05) is 48.0 Å². The van der Waals surface area contributed by atoms with Gasteiger partial charge in [0.2, 0.25) is 5.88 Å². The van der Waals surface area contributed by atoms with Crippen LogP contribution in [0.4, 0.5) is 0 Å². The van der Waals surface area contributed by atoms with Gasteiger partial charge < -0.3 is 30.0 Å². The van der Waals surface area contributed by atoms with Crippen LogP contribution in [0.15, 0.2) is 77.6 Å². The number of aliphatic hydroxyl groups excluding tert-OH is 2. The number of aromatic amines is 2. The molecule has 3 aromatic carbocycles. The minimum absolute atomic E-state index is 0.0621. The average Bonchev–Trinajstić information content (AvgIpc) is 3.49. The SMILES string of the molecule is Cc1[nH]c([C@@H](Cc2ccccc2)n2c(O)c(-c3ccc(OC[C@H](O)CO)cc3)[nH]c2=O)nc1-c1ccc(I)cc1Cl. The second kappa shape index (κ2) is 12.5. The summed E-state index contributed by atoms with van der Waals surface area (Å²) in [5, 5.41) is 30.5. The van der Waals surface area contributed by atoms with Crippen molar-refractivity contribution in [2.75, 3.05) is 13.2 Å². The zero-order valence-corrected chi connectivity index (χ0v) is 24.9. The van der Waals surface area contributed by atoms with Crippen LogP contribution in [0, 0.1) is 10.5 Å². The molecule has 0 bridgehead atoms. The van der Waals surface area contributed by atoms with Crippen molar-refractivity contribution in [2.45, 2.75) is 25.5 Å². The van der Waals surface area contributed by atoms with Crippen LogP contribution in [0.5, 0.6) is 11.6 Å². The molecule has 2 atom stereocenters. The molecule has 2 heterocycles. The number of aryl methyl sites for hydroxylation is 1. The van der Waals surface area contributed by atoms with Crippen LogP contribution >= 0.6 is 34.2 Å². The zero-order valence-electron chi connectivity index (χ0n) is 22.0. The average molecular weight is 687 g/mol. The van der Waals surface area contributed by atoms with Crippen molar-refractivity contribution in [2.24, 2.45) is 0 Å². The van der Waals surface area contributed by atoms with E-state index in [-0.39, 0.29) is 18.2 Å². The van der Waals surface area contributed by atoms with Gasteiger partial charge >= 0.3 is 5.69 Å². The van der Waals surface area contributed by atoms with Gasteiger partial charge in [0.15, 0.2) is 0 Å². The molecule has 212 valence electrons. The van der Waals surface area contributed by atoms with Gasteiger partial charge in [0, 0.05) is 26.8 Å². The molecule has 0 aliphatic carbocycles. The Balaban J connectivity index is 1.54. The van der Waals surface area contributed by atoms with Crippen LogP contribution in [-0.2, 0) is 6.42 Å². The molecular formula is C30H28ClIN4O5. The Morgan fingerprint density at radius 3 is 2.49 bits per heavy atom. The summed E-state index contributed by atoms with van der Waals surface area (Å²) in [6.45, 7) is 1.43. The third-order valence-electron chi connectivity index (χ3n) is 6.69. The van der Waals surface area contributed by atoms with Gasteiger partial charge in [-0.15, -0.1) is 0 Å². The fourth-order valence-electron chi connectivity index (χ4n) is 4.63. The number of halogens is 2. The number of H-pyrrole nitrogens is 2. The monoisotopic (exact) mass is 686 g/mol. The van der Waals surface area contributed by atoms with Crippen LogP contribution in [0.1, 0.15) is 23.1 Å². The molecule has 0 radical (unpaired) electrons. The fraction of sp³-hybridized carbons (Fsp3) is 0.200. The highest BCUT2D eigenvalue weighted by Crippen LogP contribution is 2.35. The number of nitrogens with one attached hydrogen (secondary N) is 2. The quantitative estimate of drug-likeness (QED) is 0.130. The molecule has 0 fully saturated rings. The molecule has 0 unspecified atom stereocenters. The van der Waals surface area contributed by atoms with Crippen LogP contribution in [0.3, 0.4) is 0 Å². The molecule has 5 N–H and O–H groups in total. The molecule has 0 saturated heterocycles. The van der Waals surface area contributed by atoms with Gasteiger partial charge in [-0.05, 0) is 71.5 Å². The Labute approximate surface area is 254 Å². The second-order valence-corrected chi connectivity index (χ2v) is 11.2. The third kappa shape index (κ3) is 6.35. The van der Waals surface area contributed by atoms with Gasteiger partial charge in [-0.3, -0.25) is 4.57 Å². The van der Waals surface area contributed by atoms with Crippen molar-refractivity contribution in [3.05, 3.63) is 109 Å². The van der Waals surface area contributed by atoms with Crippen LogP contribution in [-0.4, -0.2) is 54.2 Å². The Kier molecular flexibility index (Phi) is 8.83. The summed E-state index contributed by atoms with van der Waals surface area (Å²) in [5.41, 5.74) is 3.50. The highest BCUT2D eigenvalue weighted by Gasteiger charge is 2.27. The number of nitrogens with zero attached hydrogens (tertiary/aromatic N) is 2. The number of imidazole rings is 2. The molecule has 9 nitrogen and oxygen atoms in total. The van der Waals surface area contributed by atoms with Gasteiger partial charge in [-0.2, -0.15) is 0 Å². The summed E-state index contributed by atoms with van der Waals surface area (Å²) in [6.07, 6.45) is -0.601. The van der Waals surface area contributed by atoms with Gasteiger partial charge in [0.05, 0.1) is 17.3 Å². The lowest BCUT2D eigenvalue weighted by molar-refractivity contribution is 0.0536. The van der Waals surface area contributed by atoms with E-state index < -0.39 is 24.4 Å². The summed E-state index contributed by atoms with van der Waals surface area (Å²) < 4.78 is 7.78. The standard InChI is InChI=1S/C30H28ClIN4O5/c1-17-26(23-12-9-20(32)14-24(23)31)34-28(33-17)25(13-18-5-3-2-4-6-18)36-29(39)27(35-30(36)40)19-7-10-22(11-8-19)41-16-21(38)15-37/h2-12,14,21,25,37-39H,13,15-16H2,1H3,(H,33,34)(H,35,40)/t21-,25-/m1/s1. The predicted molar refractivity (Wildman–Crippen MR) is 166 cm³/mol. The predicted octanol–water partition coefficient (Wildman–Crippen LogP) is 5.07. The zero-order chi connectivity index (χ0) is 29.1. The number of aromatic nitrogens is 4. The van der Waals surface area contributed by atoms with E-state index in [1.165, 1.54) is 4.57 Å². The number of aliphatic hydroxyl groups is 2. The largest absolute Gasteiger partial charge is 0.493 e. The van der Waals surface area contributed by atoms with Gasteiger partial charge in [0.25, 0.3) is 0 Å². The van der Waals surface area contributed by atoms with Crippen LogP contribution < -0.4 is 10.4 Å². The lowest BCUT2D eigenvalue weighted by atomic mass is 10.0. The number of rotatable bonds is 10. The maximum atomic E-state index is 13.4. The first-order valence-electron chi connectivity index (χ1n) is 12.9. The molecule has 2 aromatic heterocycles. The highest BCUT2D eigenvalue weighted by atomic mass is 127. The van der Waals surface area contributed by atoms with Crippen molar-refractivity contribution in [3.63, 3.8) is 0 Å². The van der Waals surface area contributed by atoms with Crippen LogP contribution in [0.25, 0.3) is 22.5 Å². The first kappa shape index (κ1) is 28.9. The Bertz CT molecular complexity index is 1700. The van der Waals surface area contributed by atoms with E-state index in [1.54, 1.807) is 24.3 Å². The molecule has 0 aliphatic rings. The summed E-state index contributed by atoms with van der Waals surface area (Å²) in [5.74, 6) is 0.741. The van der Waals surface area contributed by atoms with E-state index in [0.29, 0.717) is 34.3 Å². The molecule has 11 heteroatoms. The summed E-state index contributed by atoms with van der Waals surface area (Å²) in [6, 6.07) is 21.5. The summed E-state index contributed by atoms with van der Waals surface area (Å²) in [7, 11) is 0. The third-order valence-corrected chi connectivity index (χ3v) is 7.67. The van der Waals surface area contributed by atoms with E-state index in [2.05, 4.69) is 32.6 Å². The number of benzene rings is 3. The minimum atomic E-state index is -0.988. The van der Waals surface area contributed by atoms with Gasteiger partial charge in [0.1, 0.15) is 36.0 Å². The Morgan fingerprint density at radius 1 is 1.07 bits per heavy atom. The fourth-order valence-corrected chi connectivity index (χ4v) is 5.57.